The molecule has 0 unspecified atom stereocenters. The van der Waals surface area contributed by atoms with E-state index in [2.05, 4.69) is 10.8 Å². The Morgan fingerprint density at radius 2 is 2.00 bits per heavy atom. The lowest BCUT2D eigenvalue weighted by Crippen LogP contribution is -2.52. The van der Waals surface area contributed by atoms with Gasteiger partial charge >= 0.3 is 0 Å². The first kappa shape index (κ1) is 13.4. The zero-order valence-corrected chi connectivity index (χ0v) is 9.35. The van der Waals surface area contributed by atoms with Crippen LogP contribution < -0.4 is 10.8 Å². The fraction of sp³-hybridized carbons (Fsp3) is 0.889. The summed E-state index contributed by atoms with van der Waals surface area (Å²) in [6, 6.07) is 0. The molecule has 0 aliphatic rings. The number of rotatable bonds is 7. The average molecular weight is 204 g/mol. The number of carbonyl (C=O) groups excluding carboxylic acids is 1. The number of ether oxygens (including phenoxy) is 1. The Morgan fingerprint density at radius 1 is 1.36 bits per heavy atom. The predicted octanol–water partition coefficient (Wildman–Crippen LogP) is 0.0687. The molecule has 0 aliphatic heterocycles. The summed E-state index contributed by atoms with van der Waals surface area (Å²) in [4.78, 5) is 16.4. The number of likely N-dealkylation sites (N-methyl/N-ethyl adjacent to an activating group) is 1. The molecule has 0 saturated heterocycles. The molecular formula is C9H20N2O3. The Hall–Kier alpha value is -0.650. The highest BCUT2D eigenvalue weighted by Gasteiger charge is 2.26. The van der Waals surface area contributed by atoms with Crippen molar-refractivity contribution in [2.24, 2.45) is 0 Å². The first-order valence-electron chi connectivity index (χ1n) is 4.70. The molecule has 0 spiro atoms. The fourth-order valence-corrected chi connectivity index (χ4v) is 0.891. The third-order valence-corrected chi connectivity index (χ3v) is 1.74. The molecule has 1 amide bonds. The third kappa shape index (κ3) is 5.16. The van der Waals surface area contributed by atoms with E-state index >= 15 is 0 Å². The largest absolute Gasteiger partial charge is 0.382 e. The molecule has 5 nitrogen and oxygen atoms in total. The van der Waals surface area contributed by atoms with E-state index in [4.69, 9.17) is 9.57 Å². The summed E-state index contributed by atoms with van der Waals surface area (Å²) >= 11 is 0. The van der Waals surface area contributed by atoms with Crippen LogP contribution in [0.3, 0.4) is 0 Å². The molecule has 0 radical (unpaired) electrons. The van der Waals surface area contributed by atoms with E-state index in [1.165, 1.54) is 0 Å². The van der Waals surface area contributed by atoms with Gasteiger partial charge in [-0.15, -0.1) is 0 Å². The molecule has 0 atom stereocenters. The standard InChI is InChI=1S/C9H20N2O3/c1-5-10-9(2,3)8(12)11-14-7-6-13-4/h10H,5-7H2,1-4H3,(H,11,12). The maximum Gasteiger partial charge on any atom is 0.263 e. The van der Waals surface area contributed by atoms with Crippen molar-refractivity contribution >= 4 is 5.91 Å². The quantitative estimate of drug-likeness (QED) is 0.455. The molecule has 2 N–H and O–H groups in total. The lowest BCUT2D eigenvalue weighted by Gasteiger charge is -2.23. The van der Waals surface area contributed by atoms with E-state index in [1.807, 2.05) is 6.92 Å². The number of hydrogen-bond acceptors (Lipinski definition) is 4. The lowest BCUT2D eigenvalue weighted by molar-refractivity contribution is -0.140. The Bertz CT molecular complexity index is 171. The van der Waals surface area contributed by atoms with Gasteiger partial charge in [-0.3, -0.25) is 9.63 Å². The number of nitrogens with one attached hydrogen (secondary N) is 2. The smallest absolute Gasteiger partial charge is 0.263 e. The molecule has 0 saturated carbocycles. The van der Waals surface area contributed by atoms with Gasteiger partial charge in [0.15, 0.2) is 0 Å². The van der Waals surface area contributed by atoms with Crippen LogP contribution in [0.4, 0.5) is 0 Å². The van der Waals surface area contributed by atoms with E-state index in [0.29, 0.717) is 13.2 Å². The number of hydrogen-bond donors (Lipinski definition) is 2. The van der Waals surface area contributed by atoms with Crippen LogP contribution in [0.25, 0.3) is 0 Å². The molecule has 0 fully saturated rings. The van der Waals surface area contributed by atoms with Gasteiger partial charge in [0.2, 0.25) is 0 Å². The van der Waals surface area contributed by atoms with Crippen molar-refractivity contribution in [3.8, 4) is 0 Å². The predicted molar refractivity (Wildman–Crippen MR) is 53.7 cm³/mol. The molecule has 0 aromatic rings. The molecular weight excluding hydrogens is 184 g/mol. The van der Waals surface area contributed by atoms with Crippen molar-refractivity contribution in [3.63, 3.8) is 0 Å². The maximum absolute atomic E-state index is 11.5. The molecule has 0 aromatic carbocycles. The van der Waals surface area contributed by atoms with Gasteiger partial charge in [-0.2, -0.15) is 0 Å². The Balaban J connectivity index is 3.71. The van der Waals surface area contributed by atoms with Crippen LogP contribution in [0.5, 0.6) is 0 Å². The number of amides is 1. The van der Waals surface area contributed by atoms with Gasteiger partial charge in [0, 0.05) is 7.11 Å². The van der Waals surface area contributed by atoms with Gasteiger partial charge in [0.25, 0.3) is 5.91 Å². The van der Waals surface area contributed by atoms with Gasteiger partial charge in [0.1, 0.15) is 0 Å². The van der Waals surface area contributed by atoms with Crippen LogP contribution in [-0.2, 0) is 14.4 Å². The van der Waals surface area contributed by atoms with Gasteiger partial charge in [0.05, 0.1) is 18.8 Å². The van der Waals surface area contributed by atoms with Crippen molar-refractivity contribution < 1.29 is 14.4 Å². The molecule has 0 rings (SSSR count). The van der Waals surface area contributed by atoms with Crippen molar-refractivity contribution in [1.29, 1.82) is 0 Å². The number of hydroxylamine groups is 1. The monoisotopic (exact) mass is 204 g/mol. The summed E-state index contributed by atoms with van der Waals surface area (Å²) in [5.74, 6) is -0.185. The average Bonchev–Trinajstić information content (AvgIpc) is 2.12. The second kappa shape index (κ2) is 6.75. The molecule has 0 aromatic heterocycles. The highest BCUT2D eigenvalue weighted by Crippen LogP contribution is 2.00. The highest BCUT2D eigenvalue weighted by atomic mass is 16.7. The Labute approximate surface area is 85.1 Å². The Morgan fingerprint density at radius 3 is 2.50 bits per heavy atom. The summed E-state index contributed by atoms with van der Waals surface area (Å²) in [5, 5.41) is 3.04. The number of methoxy groups -OCH3 is 1. The van der Waals surface area contributed by atoms with Crippen molar-refractivity contribution in [2.45, 2.75) is 26.3 Å². The molecule has 0 bridgehead atoms. The molecule has 0 aliphatic carbocycles. The minimum atomic E-state index is -0.609. The van der Waals surface area contributed by atoms with Crippen LogP contribution in [0.2, 0.25) is 0 Å². The van der Waals surface area contributed by atoms with Gasteiger partial charge in [-0.1, -0.05) is 6.92 Å². The second-order valence-electron chi connectivity index (χ2n) is 3.43. The third-order valence-electron chi connectivity index (χ3n) is 1.74. The summed E-state index contributed by atoms with van der Waals surface area (Å²) in [5.41, 5.74) is 1.75. The van der Waals surface area contributed by atoms with Gasteiger partial charge in [-0.25, -0.2) is 5.48 Å². The normalized spacial score (nSPS) is 11.4. The van der Waals surface area contributed by atoms with E-state index in [1.54, 1.807) is 21.0 Å². The van der Waals surface area contributed by atoms with E-state index < -0.39 is 5.54 Å². The van der Waals surface area contributed by atoms with E-state index in [9.17, 15) is 4.79 Å². The summed E-state index contributed by atoms with van der Waals surface area (Å²) in [7, 11) is 1.58. The van der Waals surface area contributed by atoms with Gasteiger partial charge in [-0.05, 0) is 20.4 Å². The minimum Gasteiger partial charge on any atom is -0.382 e. The number of carbonyl (C=O) groups is 1. The summed E-state index contributed by atoms with van der Waals surface area (Å²) < 4.78 is 4.76. The second-order valence-corrected chi connectivity index (χ2v) is 3.43. The van der Waals surface area contributed by atoms with E-state index in [0.717, 1.165) is 6.54 Å². The molecule has 14 heavy (non-hydrogen) atoms. The van der Waals surface area contributed by atoms with Crippen LogP contribution in [0.1, 0.15) is 20.8 Å². The zero-order valence-electron chi connectivity index (χ0n) is 9.35. The van der Waals surface area contributed by atoms with Crippen LogP contribution in [-0.4, -0.2) is 38.3 Å². The minimum absolute atomic E-state index is 0.185. The summed E-state index contributed by atoms with van der Waals surface area (Å²) in [6.45, 7) is 7.09. The molecule has 84 valence electrons. The SMILES string of the molecule is CCNC(C)(C)C(=O)NOCCOC. The summed E-state index contributed by atoms with van der Waals surface area (Å²) in [6.07, 6.45) is 0. The topological polar surface area (TPSA) is 59.6 Å². The van der Waals surface area contributed by atoms with Crippen molar-refractivity contribution in [1.82, 2.24) is 10.8 Å². The van der Waals surface area contributed by atoms with Crippen LogP contribution in [0.15, 0.2) is 0 Å². The molecule has 0 heterocycles. The highest BCUT2D eigenvalue weighted by molar-refractivity contribution is 5.84. The fourth-order valence-electron chi connectivity index (χ4n) is 0.891. The first-order chi connectivity index (χ1) is 6.54. The lowest BCUT2D eigenvalue weighted by atomic mass is 10.1. The van der Waals surface area contributed by atoms with Crippen molar-refractivity contribution in [2.75, 3.05) is 26.9 Å². The zero-order chi connectivity index (χ0) is 11.0. The van der Waals surface area contributed by atoms with Crippen molar-refractivity contribution in [3.05, 3.63) is 0 Å². The van der Waals surface area contributed by atoms with Crippen LogP contribution >= 0.6 is 0 Å². The van der Waals surface area contributed by atoms with Crippen LogP contribution in [0, 0.1) is 0 Å². The van der Waals surface area contributed by atoms with Gasteiger partial charge < -0.3 is 10.1 Å². The maximum atomic E-state index is 11.5. The Kier molecular flexibility index (Phi) is 6.44. The van der Waals surface area contributed by atoms with E-state index in [-0.39, 0.29) is 5.91 Å². The first-order valence-corrected chi connectivity index (χ1v) is 4.70. The molecule has 5 heteroatoms.